The normalized spacial score (nSPS) is 16.7. The highest BCUT2D eigenvalue weighted by Crippen LogP contribution is 2.28. The summed E-state index contributed by atoms with van der Waals surface area (Å²) in [7, 11) is 0. The molecule has 1 amide bonds. The van der Waals surface area contributed by atoms with E-state index in [0.717, 1.165) is 12.8 Å². The van der Waals surface area contributed by atoms with E-state index in [2.05, 4.69) is 15.2 Å². The van der Waals surface area contributed by atoms with Crippen molar-refractivity contribution >= 4 is 11.7 Å². The van der Waals surface area contributed by atoms with Crippen LogP contribution in [0, 0.1) is 5.92 Å². The van der Waals surface area contributed by atoms with Gasteiger partial charge in [-0.1, -0.05) is 18.2 Å². The number of hydrogen-bond acceptors (Lipinski definition) is 5. The molecule has 1 aromatic carbocycles. The first-order valence-electron chi connectivity index (χ1n) is 9.22. The first-order chi connectivity index (χ1) is 13.6. The molecule has 3 aromatic rings. The summed E-state index contributed by atoms with van der Waals surface area (Å²) in [6, 6.07) is 13.7. The summed E-state index contributed by atoms with van der Waals surface area (Å²) in [5.74, 6) is -0.384. The second-order valence-corrected chi connectivity index (χ2v) is 6.85. The van der Waals surface area contributed by atoms with Gasteiger partial charge in [0.05, 0.1) is 5.69 Å². The maximum Gasteiger partial charge on any atom is 0.271 e. The number of aromatic nitrogens is 3. The molecule has 2 N–H and O–H groups in total. The van der Waals surface area contributed by atoms with Crippen LogP contribution in [0.25, 0.3) is 11.3 Å². The Kier molecular flexibility index (Phi) is 4.89. The molecular formula is C21H20N4O3. The van der Waals surface area contributed by atoms with E-state index in [0.29, 0.717) is 35.7 Å². The van der Waals surface area contributed by atoms with Crippen LogP contribution in [0.15, 0.2) is 54.7 Å². The molecule has 1 aliphatic rings. The van der Waals surface area contributed by atoms with Crippen molar-refractivity contribution in [3.8, 4) is 17.0 Å². The number of nitrogens with one attached hydrogen (secondary N) is 1. The van der Waals surface area contributed by atoms with Crippen LogP contribution in [0.5, 0.6) is 5.75 Å². The molecule has 0 aliphatic carbocycles. The number of ketones is 1. The lowest BCUT2D eigenvalue weighted by molar-refractivity contribution is 0.0630. The van der Waals surface area contributed by atoms with Crippen LogP contribution in [0.2, 0.25) is 0 Å². The largest absolute Gasteiger partial charge is 0.507 e. The Morgan fingerprint density at radius 1 is 1.14 bits per heavy atom. The molecule has 0 spiro atoms. The number of aromatic hydroxyl groups is 1. The third-order valence-corrected chi connectivity index (χ3v) is 4.99. The number of carbonyl (C=O) groups excluding carboxylic acids is 2. The summed E-state index contributed by atoms with van der Waals surface area (Å²) in [6.07, 6.45) is 3.10. The zero-order chi connectivity index (χ0) is 19.5. The number of likely N-dealkylation sites (tertiary alicyclic amines) is 1. The SMILES string of the molecule is O=C(c1ccccn1)C1CCCN(C(=O)c2cc(-c3ccccc3O)n[nH]2)C1. The Balaban J connectivity index is 1.49. The molecule has 142 valence electrons. The first kappa shape index (κ1) is 17.9. The average molecular weight is 376 g/mol. The molecule has 0 saturated carbocycles. The van der Waals surface area contributed by atoms with Gasteiger partial charge in [0.25, 0.3) is 5.91 Å². The number of carbonyl (C=O) groups is 2. The Morgan fingerprint density at radius 2 is 1.96 bits per heavy atom. The van der Waals surface area contributed by atoms with Gasteiger partial charge in [0.1, 0.15) is 17.1 Å². The number of rotatable bonds is 4. The van der Waals surface area contributed by atoms with Crippen molar-refractivity contribution in [2.24, 2.45) is 5.92 Å². The summed E-state index contributed by atoms with van der Waals surface area (Å²) in [5, 5.41) is 16.9. The highest BCUT2D eigenvalue weighted by atomic mass is 16.3. The van der Waals surface area contributed by atoms with E-state index < -0.39 is 0 Å². The number of Topliss-reactive ketones (excluding diaryl/α,β-unsaturated/α-hetero) is 1. The van der Waals surface area contributed by atoms with Crippen LogP contribution in [0.4, 0.5) is 0 Å². The molecule has 7 nitrogen and oxygen atoms in total. The summed E-state index contributed by atoms with van der Waals surface area (Å²) >= 11 is 0. The summed E-state index contributed by atoms with van der Waals surface area (Å²) in [4.78, 5) is 31.4. The smallest absolute Gasteiger partial charge is 0.271 e. The van der Waals surface area contributed by atoms with Gasteiger partial charge in [0, 0.05) is 30.8 Å². The Bertz CT molecular complexity index is 1000. The lowest BCUT2D eigenvalue weighted by atomic mass is 9.91. The predicted molar refractivity (Wildman–Crippen MR) is 103 cm³/mol. The molecule has 28 heavy (non-hydrogen) atoms. The van der Waals surface area contributed by atoms with Crippen LogP contribution in [-0.2, 0) is 0 Å². The van der Waals surface area contributed by atoms with E-state index in [4.69, 9.17) is 0 Å². The number of phenols is 1. The van der Waals surface area contributed by atoms with Crippen molar-refractivity contribution in [3.63, 3.8) is 0 Å². The highest BCUT2D eigenvalue weighted by molar-refractivity contribution is 5.98. The van der Waals surface area contributed by atoms with Crippen molar-refractivity contribution in [1.29, 1.82) is 0 Å². The second-order valence-electron chi connectivity index (χ2n) is 6.85. The number of amides is 1. The average Bonchev–Trinajstić information content (AvgIpc) is 3.23. The molecule has 7 heteroatoms. The molecule has 1 atom stereocenters. The fourth-order valence-corrected chi connectivity index (χ4v) is 3.52. The van der Waals surface area contributed by atoms with Gasteiger partial charge >= 0.3 is 0 Å². The number of benzene rings is 1. The quantitative estimate of drug-likeness (QED) is 0.682. The van der Waals surface area contributed by atoms with Crippen LogP contribution >= 0.6 is 0 Å². The minimum atomic E-state index is -0.256. The topological polar surface area (TPSA) is 99.2 Å². The Morgan fingerprint density at radius 3 is 2.75 bits per heavy atom. The van der Waals surface area contributed by atoms with E-state index in [-0.39, 0.29) is 23.4 Å². The fourth-order valence-electron chi connectivity index (χ4n) is 3.52. The molecule has 1 unspecified atom stereocenters. The third kappa shape index (κ3) is 3.51. The van der Waals surface area contributed by atoms with Crippen molar-refractivity contribution in [2.45, 2.75) is 12.8 Å². The fraction of sp³-hybridized carbons (Fsp3) is 0.238. The van der Waals surface area contributed by atoms with Crippen LogP contribution < -0.4 is 0 Å². The molecule has 0 radical (unpaired) electrons. The number of para-hydroxylation sites is 1. The lowest BCUT2D eigenvalue weighted by Gasteiger charge is -2.31. The molecule has 0 bridgehead atoms. The molecule has 3 heterocycles. The Hall–Kier alpha value is -3.48. The molecule has 1 fully saturated rings. The number of piperidine rings is 1. The number of pyridine rings is 1. The van der Waals surface area contributed by atoms with Crippen molar-refractivity contribution in [1.82, 2.24) is 20.1 Å². The summed E-state index contributed by atoms with van der Waals surface area (Å²) in [6.45, 7) is 0.953. The number of phenolic OH excluding ortho intramolecular Hbond substituents is 1. The zero-order valence-corrected chi connectivity index (χ0v) is 15.2. The number of aromatic amines is 1. The maximum atomic E-state index is 12.9. The van der Waals surface area contributed by atoms with E-state index >= 15 is 0 Å². The number of H-pyrrole nitrogens is 1. The van der Waals surface area contributed by atoms with Crippen molar-refractivity contribution < 1.29 is 14.7 Å². The van der Waals surface area contributed by atoms with Crippen LogP contribution in [0.1, 0.15) is 33.8 Å². The minimum Gasteiger partial charge on any atom is -0.507 e. The van der Waals surface area contributed by atoms with Crippen molar-refractivity contribution in [2.75, 3.05) is 13.1 Å². The monoisotopic (exact) mass is 376 g/mol. The van der Waals surface area contributed by atoms with Gasteiger partial charge < -0.3 is 10.0 Å². The molecule has 4 rings (SSSR count). The number of nitrogens with zero attached hydrogens (tertiary/aromatic N) is 3. The summed E-state index contributed by atoms with van der Waals surface area (Å²) < 4.78 is 0. The maximum absolute atomic E-state index is 12.9. The predicted octanol–water partition coefficient (Wildman–Crippen LogP) is 2.91. The summed E-state index contributed by atoms with van der Waals surface area (Å²) in [5.41, 5.74) is 1.83. The third-order valence-electron chi connectivity index (χ3n) is 4.99. The van der Waals surface area contributed by atoms with Gasteiger partial charge in [-0.3, -0.25) is 19.7 Å². The highest BCUT2D eigenvalue weighted by Gasteiger charge is 2.30. The van der Waals surface area contributed by atoms with Gasteiger partial charge in [0.15, 0.2) is 5.78 Å². The van der Waals surface area contributed by atoms with Crippen molar-refractivity contribution in [3.05, 3.63) is 66.1 Å². The lowest BCUT2D eigenvalue weighted by Crippen LogP contribution is -2.42. The van der Waals surface area contributed by atoms with Gasteiger partial charge in [-0.15, -0.1) is 0 Å². The Labute approximate surface area is 162 Å². The van der Waals surface area contributed by atoms with Crippen LogP contribution in [-0.4, -0.2) is 50.0 Å². The zero-order valence-electron chi connectivity index (χ0n) is 15.2. The minimum absolute atomic E-state index is 0.0300. The molecule has 1 saturated heterocycles. The van der Waals surface area contributed by atoms with E-state index in [1.54, 1.807) is 59.6 Å². The molecule has 1 aliphatic heterocycles. The van der Waals surface area contributed by atoms with Gasteiger partial charge in [-0.2, -0.15) is 5.10 Å². The second kappa shape index (κ2) is 7.64. The first-order valence-corrected chi connectivity index (χ1v) is 9.22. The number of hydrogen-bond donors (Lipinski definition) is 2. The van der Waals surface area contributed by atoms with Gasteiger partial charge in [0.2, 0.25) is 0 Å². The van der Waals surface area contributed by atoms with E-state index in [9.17, 15) is 14.7 Å². The van der Waals surface area contributed by atoms with Crippen LogP contribution in [0.3, 0.4) is 0 Å². The van der Waals surface area contributed by atoms with E-state index in [1.807, 2.05) is 0 Å². The van der Waals surface area contributed by atoms with Gasteiger partial charge in [-0.05, 0) is 43.2 Å². The molecular weight excluding hydrogens is 356 g/mol. The van der Waals surface area contributed by atoms with Gasteiger partial charge in [-0.25, -0.2) is 0 Å². The van der Waals surface area contributed by atoms with E-state index in [1.165, 1.54) is 0 Å². The standard InChI is InChI=1S/C21H20N4O3/c26-19-9-2-1-7-15(19)17-12-18(24-23-17)21(28)25-11-5-6-14(13-25)20(27)16-8-3-4-10-22-16/h1-4,7-10,12,14,26H,5-6,11,13H2,(H,23,24). The molecule has 2 aromatic heterocycles.